The second-order valence-corrected chi connectivity index (χ2v) is 6.35. The summed E-state index contributed by atoms with van der Waals surface area (Å²) in [4.78, 5) is 32.3. The first kappa shape index (κ1) is 17.8. The maximum atomic E-state index is 12.1. The number of esters is 1. The summed E-state index contributed by atoms with van der Waals surface area (Å²) in [7, 11) is 0. The molecule has 1 heterocycles. The van der Waals surface area contributed by atoms with Crippen molar-refractivity contribution in [3.05, 3.63) is 53.6 Å². The number of anilines is 1. The highest BCUT2D eigenvalue weighted by atomic mass is 16.5. The topological polar surface area (TPSA) is 93.2 Å². The van der Waals surface area contributed by atoms with Gasteiger partial charge in [0.05, 0.1) is 29.7 Å². The first-order valence-corrected chi connectivity index (χ1v) is 8.73. The van der Waals surface area contributed by atoms with E-state index in [-0.39, 0.29) is 24.6 Å². The van der Waals surface area contributed by atoms with Crippen molar-refractivity contribution >= 4 is 17.7 Å². The smallest absolute Gasteiger partial charge is 0.338 e. The van der Waals surface area contributed by atoms with Crippen molar-refractivity contribution in [1.82, 2.24) is 15.3 Å². The minimum absolute atomic E-state index is 0.0379. The van der Waals surface area contributed by atoms with Gasteiger partial charge in [0.15, 0.2) is 0 Å². The average molecular weight is 354 g/mol. The Labute approximate surface area is 152 Å². The van der Waals surface area contributed by atoms with Crippen molar-refractivity contribution in [3.63, 3.8) is 0 Å². The van der Waals surface area contributed by atoms with Crippen LogP contribution in [-0.4, -0.2) is 28.1 Å². The first-order chi connectivity index (χ1) is 12.6. The van der Waals surface area contributed by atoms with Crippen molar-refractivity contribution in [2.45, 2.75) is 45.3 Å². The number of aromatic nitrogens is 2. The molecule has 2 aromatic rings. The summed E-state index contributed by atoms with van der Waals surface area (Å²) in [6.07, 6.45) is 7.43. The van der Waals surface area contributed by atoms with Crippen LogP contribution in [0.1, 0.15) is 47.4 Å². The van der Waals surface area contributed by atoms with E-state index in [1.807, 2.05) is 6.92 Å². The number of nitrogens with zero attached hydrogens (tertiary/aromatic N) is 2. The van der Waals surface area contributed by atoms with E-state index in [0.717, 1.165) is 31.4 Å². The molecule has 0 bridgehead atoms. The molecule has 0 aliphatic heterocycles. The number of hydrogen-bond donors (Lipinski definition) is 2. The lowest BCUT2D eigenvalue weighted by Gasteiger charge is -2.12. The molecule has 2 amide bonds. The Balaban J connectivity index is 1.47. The molecule has 0 atom stereocenters. The van der Waals surface area contributed by atoms with Gasteiger partial charge in [0.25, 0.3) is 0 Å². The van der Waals surface area contributed by atoms with Crippen LogP contribution >= 0.6 is 0 Å². The van der Waals surface area contributed by atoms with Gasteiger partial charge in [0.1, 0.15) is 6.10 Å². The predicted octanol–water partition coefficient (Wildman–Crippen LogP) is 3.21. The molecule has 0 saturated heterocycles. The normalized spacial score (nSPS) is 14.0. The highest BCUT2D eigenvalue weighted by Gasteiger charge is 2.20. The second kappa shape index (κ2) is 8.42. The number of benzene rings is 1. The van der Waals surface area contributed by atoms with Crippen LogP contribution in [0.2, 0.25) is 0 Å². The fourth-order valence-electron chi connectivity index (χ4n) is 2.77. The fraction of sp³-hybridized carbons (Fsp3) is 0.368. The molecule has 1 aromatic heterocycles. The Kier molecular flexibility index (Phi) is 5.78. The van der Waals surface area contributed by atoms with Gasteiger partial charge >= 0.3 is 12.0 Å². The third-order valence-electron chi connectivity index (χ3n) is 4.22. The SMILES string of the molecule is Cc1cnc(CNC(=O)Nc2ccc(C(=O)OC3CCCC3)cc2)cn1. The van der Waals surface area contributed by atoms with E-state index < -0.39 is 0 Å². The molecule has 7 heteroatoms. The highest BCUT2D eigenvalue weighted by molar-refractivity contribution is 5.92. The van der Waals surface area contributed by atoms with Crippen LogP contribution in [0.25, 0.3) is 0 Å². The maximum Gasteiger partial charge on any atom is 0.338 e. The zero-order valence-corrected chi connectivity index (χ0v) is 14.7. The minimum atomic E-state index is -0.353. The summed E-state index contributed by atoms with van der Waals surface area (Å²) in [5.41, 5.74) is 2.58. The van der Waals surface area contributed by atoms with Gasteiger partial charge in [0, 0.05) is 11.9 Å². The zero-order chi connectivity index (χ0) is 18.4. The number of aryl methyl sites for hydroxylation is 1. The number of nitrogens with one attached hydrogen (secondary N) is 2. The van der Waals surface area contributed by atoms with Crippen LogP contribution in [0.4, 0.5) is 10.5 Å². The third kappa shape index (κ3) is 5.02. The Bertz CT molecular complexity index is 753. The maximum absolute atomic E-state index is 12.1. The molecule has 1 aliphatic rings. The number of rotatable bonds is 5. The van der Waals surface area contributed by atoms with Crippen molar-refractivity contribution in [2.24, 2.45) is 0 Å². The van der Waals surface area contributed by atoms with E-state index in [1.54, 1.807) is 36.7 Å². The van der Waals surface area contributed by atoms with Crippen molar-refractivity contribution in [3.8, 4) is 0 Å². The predicted molar refractivity (Wildman–Crippen MR) is 96.7 cm³/mol. The van der Waals surface area contributed by atoms with Gasteiger partial charge in [-0.05, 0) is 56.9 Å². The zero-order valence-electron chi connectivity index (χ0n) is 14.7. The van der Waals surface area contributed by atoms with E-state index in [2.05, 4.69) is 20.6 Å². The molecule has 136 valence electrons. The summed E-state index contributed by atoms with van der Waals surface area (Å²) in [6.45, 7) is 2.13. The number of hydrogen-bond acceptors (Lipinski definition) is 5. The monoisotopic (exact) mass is 354 g/mol. The molecule has 0 spiro atoms. The Morgan fingerprint density at radius 2 is 1.85 bits per heavy atom. The fourth-order valence-corrected chi connectivity index (χ4v) is 2.77. The molecule has 2 N–H and O–H groups in total. The van der Waals surface area contributed by atoms with Crippen molar-refractivity contribution in [2.75, 3.05) is 5.32 Å². The summed E-state index contributed by atoms with van der Waals surface area (Å²) in [5, 5.41) is 5.42. The van der Waals surface area contributed by atoms with E-state index >= 15 is 0 Å². The summed E-state index contributed by atoms with van der Waals surface area (Å²) in [6, 6.07) is 6.30. The van der Waals surface area contributed by atoms with Crippen LogP contribution < -0.4 is 10.6 Å². The van der Waals surface area contributed by atoms with Crippen LogP contribution in [-0.2, 0) is 11.3 Å². The van der Waals surface area contributed by atoms with Crippen molar-refractivity contribution in [1.29, 1.82) is 0 Å². The quantitative estimate of drug-likeness (QED) is 0.804. The van der Waals surface area contributed by atoms with Gasteiger partial charge in [-0.3, -0.25) is 9.97 Å². The van der Waals surface area contributed by atoms with Gasteiger partial charge in [-0.2, -0.15) is 0 Å². The Morgan fingerprint density at radius 1 is 1.12 bits per heavy atom. The van der Waals surface area contributed by atoms with Gasteiger partial charge < -0.3 is 15.4 Å². The molecule has 1 aromatic carbocycles. The molecule has 7 nitrogen and oxygen atoms in total. The summed E-state index contributed by atoms with van der Waals surface area (Å²) >= 11 is 0. The Morgan fingerprint density at radius 3 is 2.50 bits per heavy atom. The molecule has 1 saturated carbocycles. The minimum Gasteiger partial charge on any atom is -0.459 e. The largest absolute Gasteiger partial charge is 0.459 e. The van der Waals surface area contributed by atoms with Crippen LogP contribution in [0.15, 0.2) is 36.7 Å². The molecular formula is C19H22N4O3. The molecular weight excluding hydrogens is 332 g/mol. The second-order valence-electron chi connectivity index (χ2n) is 6.35. The van der Waals surface area contributed by atoms with E-state index in [9.17, 15) is 9.59 Å². The summed E-state index contributed by atoms with van der Waals surface area (Å²) < 4.78 is 5.46. The molecule has 0 radical (unpaired) electrons. The van der Waals surface area contributed by atoms with Gasteiger partial charge in [0.2, 0.25) is 0 Å². The number of ether oxygens (including phenoxy) is 1. The number of carbonyl (C=O) groups excluding carboxylic acids is 2. The lowest BCUT2D eigenvalue weighted by atomic mass is 10.2. The van der Waals surface area contributed by atoms with Gasteiger partial charge in [-0.15, -0.1) is 0 Å². The van der Waals surface area contributed by atoms with Gasteiger partial charge in [-0.25, -0.2) is 9.59 Å². The van der Waals surface area contributed by atoms with E-state index in [4.69, 9.17) is 4.74 Å². The number of urea groups is 1. The van der Waals surface area contributed by atoms with Crippen LogP contribution in [0.3, 0.4) is 0 Å². The highest BCUT2D eigenvalue weighted by Crippen LogP contribution is 2.22. The lowest BCUT2D eigenvalue weighted by molar-refractivity contribution is 0.0318. The standard InChI is InChI=1S/C19H22N4O3/c1-13-10-21-16(11-20-13)12-22-19(25)23-15-8-6-14(7-9-15)18(24)26-17-4-2-3-5-17/h6-11,17H,2-5,12H2,1H3,(H2,22,23,25). The van der Waals surface area contributed by atoms with Crippen LogP contribution in [0.5, 0.6) is 0 Å². The third-order valence-corrected chi connectivity index (χ3v) is 4.22. The molecule has 3 rings (SSSR count). The molecule has 1 aliphatic carbocycles. The molecule has 0 unspecified atom stereocenters. The van der Waals surface area contributed by atoms with Gasteiger partial charge in [-0.1, -0.05) is 0 Å². The van der Waals surface area contributed by atoms with Crippen molar-refractivity contribution < 1.29 is 14.3 Å². The first-order valence-electron chi connectivity index (χ1n) is 8.73. The van der Waals surface area contributed by atoms with Crippen LogP contribution in [0, 0.1) is 6.92 Å². The number of amides is 2. The summed E-state index contributed by atoms with van der Waals surface area (Å²) in [5.74, 6) is -0.314. The Hall–Kier alpha value is -2.96. The molecule has 26 heavy (non-hydrogen) atoms. The number of carbonyl (C=O) groups is 2. The van der Waals surface area contributed by atoms with E-state index in [0.29, 0.717) is 16.9 Å². The van der Waals surface area contributed by atoms with E-state index in [1.165, 1.54) is 0 Å². The lowest BCUT2D eigenvalue weighted by Crippen LogP contribution is -2.28. The molecule has 1 fully saturated rings. The average Bonchev–Trinajstić information content (AvgIpc) is 3.15.